The van der Waals surface area contributed by atoms with Gasteiger partial charge in [-0.2, -0.15) is 0 Å². The third-order valence-electron chi connectivity index (χ3n) is 6.55. The summed E-state index contributed by atoms with van der Waals surface area (Å²) in [5.41, 5.74) is 1.90. The molecule has 2 N–H and O–H groups in total. The number of ether oxygens (including phenoxy) is 2. The van der Waals surface area contributed by atoms with Gasteiger partial charge >= 0.3 is 0 Å². The van der Waals surface area contributed by atoms with E-state index in [2.05, 4.69) is 18.7 Å². The van der Waals surface area contributed by atoms with Gasteiger partial charge in [0.25, 0.3) is 11.7 Å². The summed E-state index contributed by atoms with van der Waals surface area (Å²) < 4.78 is 11.2. The van der Waals surface area contributed by atoms with Crippen molar-refractivity contribution in [2.75, 3.05) is 46.0 Å². The van der Waals surface area contributed by atoms with Crippen LogP contribution in [0, 0.1) is 12.8 Å². The monoisotopic (exact) mass is 494 g/mol. The Morgan fingerprint density at radius 2 is 1.78 bits per heavy atom. The number of Topliss-reactive ketones (excluding diaryl/α,β-unsaturated/α-hetero) is 1. The molecule has 0 aromatic heterocycles. The summed E-state index contributed by atoms with van der Waals surface area (Å²) >= 11 is 0. The van der Waals surface area contributed by atoms with Crippen molar-refractivity contribution in [2.24, 2.45) is 5.92 Å². The molecule has 4 rings (SSSR count). The number of amides is 1. The van der Waals surface area contributed by atoms with Gasteiger partial charge in [-0.3, -0.25) is 14.5 Å². The summed E-state index contributed by atoms with van der Waals surface area (Å²) in [7, 11) is 0. The van der Waals surface area contributed by atoms with Gasteiger partial charge in [-0.15, -0.1) is 0 Å². The van der Waals surface area contributed by atoms with Gasteiger partial charge < -0.3 is 24.6 Å². The number of aliphatic hydroxyl groups is 1. The van der Waals surface area contributed by atoms with Gasteiger partial charge in [0.1, 0.15) is 17.3 Å². The number of hydrogen-bond acceptors (Lipinski definition) is 7. The average molecular weight is 495 g/mol. The van der Waals surface area contributed by atoms with E-state index in [0.29, 0.717) is 55.7 Å². The van der Waals surface area contributed by atoms with Crippen molar-refractivity contribution in [3.8, 4) is 11.5 Å². The molecule has 2 aliphatic rings. The lowest BCUT2D eigenvalue weighted by Gasteiger charge is -2.31. The lowest BCUT2D eigenvalue weighted by molar-refractivity contribution is -0.140. The quantitative estimate of drug-likeness (QED) is 0.329. The molecule has 0 saturated carbocycles. The third-order valence-corrected chi connectivity index (χ3v) is 6.55. The number of hydrogen-bond donors (Lipinski definition) is 2. The number of rotatable bonds is 8. The van der Waals surface area contributed by atoms with Gasteiger partial charge in [0.05, 0.1) is 31.4 Å². The van der Waals surface area contributed by atoms with Gasteiger partial charge in [0.15, 0.2) is 0 Å². The van der Waals surface area contributed by atoms with Crippen molar-refractivity contribution in [1.82, 2.24) is 9.80 Å². The molecule has 0 aliphatic carbocycles. The molecular formula is C28H34N2O6. The van der Waals surface area contributed by atoms with Crippen molar-refractivity contribution >= 4 is 17.4 Å². The minimum atomic E-state index is -0.761. The van der Waals surface area contributed by atoms with Crippen LogP contribution in [0.1, 0.15) is 36.6 Å². The lowest BCUT2D eigenvalue weighted by atomic mass is 9.94. The largest absolute Gasteiger partial charge is 0.508 e. The Morgan fingerprint density at radius 3 is 2.42 bits per heavy atom. The van der Waals surface area contributed by atoms with Crippen LogP contribution in [0.5, 0.6) is 11.5 Å². The fraction of sp³-hybridized carbons (Fsp3) is 0.429. The molecule has 2 aliphatic heterocycles. The number of likely N-dealkylation sites (tertiary alicyclic amines) is 1. The zero-order valence-corrected chi connectivity index (χ0v) is 21.1. The number of carbonyl (C=O) groups excluding carboxylic acids is 2. The van der Waals surface area contributed by atoms with E-state index in [4.69, 9.17) is 9.47 Å². The summed E-state index contributed by atoms with van der Waals surface area (Å²) in [4.78, 5) is 30.2. The normalized spacial score (nSPS) is 20.3. The number of ketones is 1. The number of aliphatic hydroxyl groups excluding tert-OH is 1. The fourth-order valence-electron chi connectivity index (χ4n) is 4.59. The molecular weight excluding hydrogens is 460 g/mol. The molecule has 8 heteroatoms. The van der Waals surface area contributed by atoms with E-state index < -0.39 is 17.7 Å². The highest BCUT2D eigenvalue weighted by Crippen LogP contribution is 2.40. The van der Waals surface area contributed by atoms with Crippen LogP contribution >= 0.6 is 0 Å². The van der Waals surface area contributed by atoms with Gasteiger partial charge in [0.2, 0.25) is 0 Å². The van der Waals surface area contributed by atoms with Crippen molar-refractivity contribution in [2.45, 2.75) is 26.8 Å². The Bertz CT molecular complexity index is 1140. The summed E-state index contributed by atoms with van der Waals surface area (Å²) in [5, 5.41) is 21.2. The van der Waals surface area contributed by atoms with E-state index >= 15 is 0 Å². The van der Waals surface area contributed by atoms with Gasteiger partial charge in [0, 0.05) is 31.7 Å². The standard InChI is InChI=1S/C28H34N2O6/c1-18(2)17-36-22-8-9-23(19(3)16-22)26(32)24-25(20-4-6-21(31)7-5-20)30(28(34)27(24)33)11-10-29-12-14-35-15-13-29/h4-9,16,18,25,31-32H,10-15,17H2,1-3H3/b26-24-. The van der Waals surface area contributed by atoms with Crippen LogP contribution in [-0.4, -0.2) is 77.7 Å². The van der Waals surface area contributed by atoms with Crippen LogP contribution < -0.4 is 4.74 Å². The molecule has 2 aromatic rings. The summed E-state index contributed by atoms with van der Waals surface area (Å²) in [6, 6.07) is 10.9. The number of aryl methyl sites for hydroxylation is 1. The van der Waals surface area contributed by atoms with Crippen molar-refractivity contribution in [3.05, 3.63) is 64.7 Å². The van der Waals surface area contributed by atoms with Crippen LogP contribution in [0.4, 0.5) is 0 Å². The smallest absolute Gasteiger partial charge is 0.295 e. The van der Waals surface area contributed by atoms with Crippen LogP contribution in [-0.2, 0) is 14.3 Å². The van der Waals surface area contributed by atoms with Crippen molar-refractivity contribution in [3.63, 3.8) is 0 Å². The molecule has 0 spiro atoms. The number of carbonyl (C=O) groups is 2. The predicted octanol–water partition coefficient (Wildman–Crippen LogP) is 3.49. The van der Waals surface area contributed by atoms with Crippen molar-refractivity contribution < 1.29 is 29.3 Å². The van der Waals surface area contributed by atoms with E-state index in [-0.39, 0.29) is 17.1 Å². The predicted molar refractivity (Wildman–Crippen MR) is 136 cm³/mol. The molecule has 0 bridgehead atoms. The summed E-state index contributed by atoms with van der Waals surface area (Å²) in [5.74, 6) is -0.439. The maximum atomic E-state index is 13.3. The second-order valence-corrected chi connectivity index (χ2v) is 9.72. The van der Waals surface area contributed by atoms with Crippen LogP contribution in [0.15, 0.2) is 48.0 Å². The molecule has 1 atom stereocenters. The highest BCUT2D eigenvalue weighted by atomic mass is 16.5. The van der Waals surface area contributed by atoms with Crippen LogP contribution in [0.2, 0.25) is 0 Å². The van der Waals surface area contributed by atoms with Crippen LogP contribution in [0.3, 0.4) is 0 Å². The summed E-state index contributed by atoms with van der Waals surface area (Å²) in [6.45, 7) is 10.2. The number of phenols is 1. The van der Waals surface area contributed by atoms with Gasteiger partial charge in [-0.05, 0) is 54.3 Å². The molecule has 36 heavy (non-hydrogen) atoms. The van der Waals surface area contributed by atoms with E-state index in [0.717, 1.165) is 18.7 Å². The molecule has 2 heterocycles. The number of phenolic OH excluding ortho intramolecular Hbond substituents is 1. The number of benzene rings is 2. The number of aromatic hydroxyl groups is 1. The second-order valence-electron chi connectivity index (χ2n) is 9.72. The second kappa shape index (κ2) is 11.1. The molecule has 1 unspecified atom stereocenters. The SMILES string of the molecule is Cc1cc(OCC(C)C)ccc1/C(O)=C1/C(=O)C(=O)N(CCN2CCOCC2)C1c1ccc(O)cc1. The highest BCUT2D eigenvalue weighted by Gasteiger charge is 2.46. The van der Waals surface area contributed by atoms with Crippen molar-refractivity contribution in [1.29, 1.82) is 0 Å². The van der Waals surface area contributed by atoms with Gasteiger partial charge in [-0.1, -0.05) is 26.0 Å². The maximum absolute atomic E-state index is 13.3. The zero-order valence-electron chi connectivity index (χ0n) is 21.1. The topological polar surface area (TPSA) is 99.5 Å². The summed E-state index contributed by atoms with van der Waals surface area (Å²) in [6.07, 6.45) is 0. The molecule has 0 radical (unpaired) electrons. The average Bonchev–Trinajstić information content (AvgIpc) is 3.12. The molecule has 192 valence electrons. The molecule has 1 amide bonds. The minimum Gasteiger partial charge on any atom is -0.508 e. The first-order valence-corrected chi connectivity index (χ1v) is 12.4. The number of morpholine rings is 1. The first kappa shape index (κ1) is 25.7. The maximum Gasteiger partial charge on any atom is 0.295 e. The first-order valence-electron chi connectivity index (χ1n) is 12.4. The minimum absolute atomic E-state index is 0.0478. The molecule has 2 saturated heterocycles. The zero-order chi connectivity index (χ0) is 25.8. The molecule has 8 nitrogen and oxygen atoms in total. The van der Waals surface area contributed by atoms with E-state index in [9.17, 15) is 19.8 Å². The number of nitrogens with zero attached hydrogens (tertiary/aromatic N) is 2. The molecule has 2 fully saturated rings. The van der Waals surface area contributed by atoms with E-state index in [1.54, 1.807) is 24.3 Å². The first-order chi connectivity index (χ1) is 17.3. The fourth-order valence-corrected chi connectivity index (χ4v) is 4.59. The third kappa shape index (κ3) is 5.55. The lowest BCUT2D eigenvalue weighted by Crippen LogP contribution is -2.42. The Hall–Kier alpha value is -3.36. The Morgan fingerprint density at radius 1 is 1.08 bits per heavy atom. The Labute approximate surface area is 211 Å². The van der Waals surface area contributed by atoms with E-state index in [1.807, 2.05) is 13.0 Å². The van der Waals surface area contributed by atoms with E-state index in [1.165, 1.54) is 17.0 Å². The molecule has 2 aromatic carbocycles. The van der Waals surface area contributed by atoms with Gasteiger partial charge in [-0.25, -0.2) is 0 Å². The Balaban J connectivity index is 1.70. The Kier molecular flexibility index (Phi) is 7.96. The van der Waals surface area contributed by atoms with Crippen LogP contribution in [0.25, 0.3) is 5.76 Å². The highest BCUT2D eigenvalue weighted by molar-refractivity contribution is 6.46.